The minimum atomic E-state index is -1.31. The Morgan fingerprint density at radius 2 is 1.84 bits per heavy atom. The number of thioether (sulfide) groups is 1. The summed E-state index contributed by atoms with van der Waals surface area (Å²) in [6.07, 6.45) is -0.510. The summed E-state index contributed by atoms with van der Waals surface area (Å²) >= 11 is 1.86. The predicted octanol–water partition coefficient (Wildman–Crippen LogP) is 1.55. The van der Waals surface area contributed by atoms with E-state index >= 15 is 0 Å². The Morgan fingerprint density at radius 1 is 1.08 bits per heavy atom. The smallest absolute Gasteiger partial charge is 0.425 e. The molecule has 0 aliphatic carbocycles. The lowest BCUT2D eigenvalue weighted by Gasteiger charge is -2.20. The molecule has 1 aromatic rings. The van der Waals surface area contributed by atoms with Gasteiger partial charge in [0.05, 0.1) is 49.0 Å². The van der Waals surface area contributed by atoms with Crippen LogP contribution in [0.15, 0.2) is 18.2 Å². The van der Waals surface area contributed by atoms with Gasteiger partial charge in [-0.05, 0) is 31.4 Å². The summed E-state index contributed by atoms with van der Waals surface area (Å²) in [4.78, 5) is 75.4. The molecule has 3 heterocycles. The topological polar surface area (TPSA) is 237 Å². The number of nitrogens with zero attached hydrogens (tertiary/aromatic N) is 2. The van der Waals surface area contributed by atoms with Gasteiger partial charge in [-0.25, -0.2) is 9.59 Å². The van der Waals surface area contributed by atoms with Crippen molar-refractivity contribution >= 4 is 47.4 Å². The lowest BCUT2D eigenvalue weighted by Crippen LogP contribution is -2.36. The number of nitrogens with one attached hydrogen (secondary N) is 4. The van der Waals surface area contributed by atoms with E-state index in [-0.39, 0.29) is 80.2 Å². The second kappa shape index (κ2) is 19.3. The van der Waals surface area contributed by atoms with Crippen LogP contribution < -0.4 is 21.3 Å². The Labute approximate surface area is 292 Å². The lowest BCUT2D eigenvalue weighted by atomic mass is 10.0. The Balaban J connectivity index is 1.02. The molecule has 0 saturated carbocycles. The van der Waals surface area contributed by atoms with Crippen LogP contribution in [0.25, 0.3) is 0 Å². The molecule has 1 aromatic carbocycles. The summed E-state index contributed by atoms with van der Waals surface area (Å²) in [5.74, 6) is -0.0275. The van der Waals surface area contributed by atoms with Crippen molar-refractivity contribution in [1.82, 2.24) is 26.3 Å². The number of hydrogen-bond donors (Lipinski definition) is 5. The van der Waals surface area contributed by atoms with Gasteiger partial charge in [-0.15, -0.1) is 5.06 Å². The molecule has 5 atom stereocenters. The highest BCUT2D eigenvalue weighted by atomic mass is 32.2. The summed E-state index contributed by atoms with van der Waals surface area (Å²) in [6.45, 7) is 2.83. The Kier molecular flexibility index (Phi) is 14.9. The number of ether oxygens (including phenoxy) is 3. The zero-order valence-electron chi connectivity index (χ0n) is 27.8. The van der Waals surface area contributed by atoms with E-state index in [1.165, 1.54) is 25.1 Å². The van der Waals surface area contributed by atoms with Gasteiger partial charge < -0.3 is 45.4 Å². The van der Waals surface area contributed by atoms with Crippen molar-refractivity contribution in [1.29, 1.82) is 0 Å². The summed E-state index contributed by atoms with van der Waals surface area (Å²) in [5.41, 5.74) is 0.231. The number of urea groups is 1. The van der Waals surface area contributed by atoms with Gasteiger partial charge in [0, 0.05) is 55.8 Å². The van der Waals surface area contributed by atoms with Gasteiger partial charge in [0.15, 0.2) is 6.23 Å². The number of nitro groups is 1. The molecule has 276 valence electrons. The molecule has 3 aliphatic rings. The molecule has 0 bridgehead atoms. The molecular formula is C31H44N6O12S. The number of unbranched alkanes of at least 4 members (excludes halogenated alkanes) is 1. The molecule has 5 amide bonds. The average Bonchev–Trinajstić information content (AvgIpc) is 3.74. The average molecular weight is 725 g/mol. The van der Waals surface area contributed by atoms with Crippen molar-refractivity contribution in [2.24, 2.45) is 0 Å². The number of hydrogen-bond acceptors (Lipinski definition) is 13. The van der Waals surface area contributed by atoms with Crippen LogP contribution >= 0.6 is 11.8 Å². The van der Waals surface area contributed by atoms with Crippen LogP contribution in [0, 0.1) is 10.1 Å². The Morgan fingerprint density at radius 3 is 2.58 bits per heavy atom. The molecule has 0 radical (unpaired) electrons. The molecule has 4 rings (SSSR count). The maximum absolute atomic E-state index is 12.3. The summed E-state index contributed by atoms with van der Waals surface area (Å²) in [7, 11) is 0. The highest BCUT2D eigenvalue weighted by Crippen LogP contribution is 2.33. The fourth-order valence-corrected chi connectivity index (χ4v) is 7.22. The van der Waals surface area contributed by atoms with Gasteiger partial charge in [0.2, 0.25) is 11.8 Å². The number of aliphatic hydroxyl groups is 1. The fourth-order valence-electron chi connectivity index (χ4n) is 5.67. The van der Waals surface area contributed by atoms with Crippen molar-refractivity contribution in [3.8, 4) is 0 Å². The Bertz CT molecular complexity index is 1390. The number of rotatable bonds is 20. The Hall–Kier alpha value is -4.20. The van der Waals surface area contributed by atoms with Gasteiger partial charge in [-0.2, -0.15) is 11.8 Å². The van der Waals surface area contributed by atoms with E-state index in [9.17, 15) is 39.2 Å². The maximum Gasteiger partial charge on any atom is 0.534 e. The normalized spacial score (nSPS) is 21.6. The second-order valence-corrected chi connectivity index (χ2v) is 13.2. The first-order chi connectivity index (χ1) is 24.0. The molecule has 19 heteroatoms. The SMILES string of the molecule is CC(OC(=O)ON1C(=O)CCC1O)c1cc(CNC(=O)CCOCCOCCNC(=O)CCCCC2SCC3NC(=O)NC32)ccc1[N+](=O)[O-]. The number of carbonyl (C=O) groups is 5. The molecule has 3 fully saturated rings. The maximum atomic E-state index is 12.3. The standard InChI is InChI=1S/C31H44N6O12S/c1-19(48-31(43)49-36-27(40)8-9-28(36)41)21-16-20(6-7-23(21)37(44)45)17-33-26(39)10-12-46-14-15-47-13-11-32-25(38)5-3-2-4-24-29-22(18-50-24)34-30(42)35-29/h6-7,16,19,22,24,27,29,40H,2-5,8-15,17-18H2,1H3,(H,32,38)(H,33,39)(H2,34,35,42). The highest BCUT2D eigenvalue weighted by Gasteiger charge is 2.42. The summed E-state index contributed by atoms with van der Waals surface area (Å²) in [6, 6.07) is 4.40. The van der Waals surface area contributed by atoms with Gasteiger partial charge in [0.25, 0.3) is 11.6 Å². The molecule has 0 aromatic heterocycles. The molecule has 3 saturated heterocycles. The molecule has 0 spiro atoms. The van der Waals surface area contributed by atoms with Gasteiger partial charge >= 0.3 is 12.2 Å². The minimum Gasteiger partial charge on any atom is -0.425 e. The van der Waals surface area contributed by atoms with E-state index in [4.69, 9.17) is 19.0 Å². The largest absolute Gasteiger partial charge is 0.534 e. The number of nitro benzene ring substituents is 1. The zero-order valence-corrected chi connectivity index (χ0v) is 28.6. The third kappa shape index (κ3) is 11.7. The van der Waals surface area contributed by atoms with Crippen molar-refractivity contribution in [2.45, 2.75) is 88.1 Å². The number of fused-ring (bicyclic) bond motifs is 1. The number of amides is 5. The first-order valence-corrected chi connectivity index (χ1v) is 17.6. The highest BCUT2D eigenvalue weighted by molar-refractivity contribution is 8.00. The van der Waals surface area contributed by atoms with Crippen LogP contribution in [0.4, 0.5) is 15.3 Å². The first-order valence-electron chi connectivity index (χ1n) is 16.5. The third-order valence-electron chi connectivity index (χ3n) is 8.29. The molecular weight excluding hydrogens is 680 g/mol. The summed E-state index contributed by atoms with van der Waals surface area (Å²) in [5, 5.41) is 33.6. The first kappa shape index (κ1) is 38.6. The predicted molar refractivity (Wildman–Crippen MR) is 176 cm³/mol. The zero-order chi connectivity index (χ0) is 36.0. The summed E-state index contributed by atoms with van der Waals surface area (Å²) < 4.78 is 16.0. The van der Waals surface area contributed by atoms with Gasteiger partial charge in [0.1, 0.15) is 6.10 Å². The van der Waals surface area contributed by atoms with Gasteiger partial charge in [-0.3, -0.25) is 24.5 Å². The number of hydroxylamine groups is 2. The van der Waals surface area contributed by atoms with E-state index in [2.05, 4.69) is 21.3 Å². The molecule has 18 nitrogen and oxygen atoms in total. The van der Waals surface area contributed by atoms with Crippen molar-refractivity contribution in [3.05, 3.63) is 39.4 Å². The van der Waals surface area contributed by atoms with Crippen LogP contribution in [0.5, 0.6) is 0 Å². The fraction of sp³-hybridized carbons (Fsp3) is 0.645. The van der Waals surface area contributed by atoms with Crippen LogP contribution in [0.2, 0.25) is 0 Å². The minimum absolute atomic E-state index is 0.00179. The van der Waals surface area contributed by atoms with Crippen molar-refractivity contribution in [3.63, 3.8) is 0 Å². The van der Waals surface area contributed by atoms with Crippen LogP contribution in [-0.4, -0.2) is 107 Å². The van der Waals surface area contributed by atoms with E-state index < -0.39 is 29.3 Å². The monoisotopic (exact) mass is 724 g/mol. The van der Waals surface area contributed by atoms with E-state index in [0.29, 0.717) is 42.1 Å². The van der Waals surface area contributed by atoms with E-state index in [1.807, 2.05) is 11.8 Å². The number of benzene rings is 1. The number of carbonyl (C=O) groups excluding carboxylic acids is 5. The molecule has 5 N–H and O–H groups in total. The van der Waals surface area contributed by atoms with Crippen LogP contribution in [0.3, 0.4) is 0 Å². The van der Waals surface area contributed by atoms with Crippen LogP contribution in [-0.2, 0) is 40.0 Å². The quantitative estimate of drug-likeness (QED) is 0.0423. The number of aliphatic hydroxyl groups excluding tert-OH is 1. The van der Waals surface area contributed by atoms with Crippen LogP contribution in [0.1, 0.15) is 69.1 Å². The third-order valence-corrected chi connectivity index (χ3v) is 9.80. The molecule has 5 unspecified atom stereocenters. The van der Waals surface area contributed by atoms with Gasteiger partial charge in [-0.1, -0.05) is 12.5 Å². The lowest BCUT2D eigenvalue weighted by molar-refractivity contribution is -0.386. The van der Waals surface area contributed by atoms with E-state index in [1.54, 1.807) is 0 Å². The second-order valence-electron chi connectivity index (χ2n) is 12.0. The van der Waals surface area contributed by atoms with Crippen molar-refractivity contribution in [2.75, 3.05) is 38.7 Å². The molecule has 50 heavy (non-hydrogen) atoms. The van der Waals surface area contributed by atoms with E-state index in [0.717, 1.165) is 25.0 Å². The molecule has 3 aliphatic heterocycles. The van der Waals surface area contributed by atoms with Crippen molar-refractivity contribution < 1.29 is 53.1 Å².